The van der Waals surface area contributed by atoms with Crippen LogP contribution in [0.3, 0.4) is 0 Å². The second-order valence-corrected chi connectivity index (χ2v) is 7.64. The molecule has 172 valence electrons. The predicted molar refractivity (Wildman–Crippen MR) is 125 cm³/mol. The molecule has 3 amide bonds. The lowest BCUT2D eigenvalue weighted by Crippen LogP contribution is -2.58. The Labute approximate surface area is 195 Å². The monoisotopic (exact) mass is 490 g/mol. The summed E-state index contributed by atoms with van der Waals surface area (Å²) in [5, 5.41) is 25.4. The van der Waals surface area contributed by atoms with Crippen LogP contribution in [0, 0.1) is 0 Å². The number of aromatic hydroxyl groups is 1. The molecule has 0 aliphatic carbocycles. The summed E-state index contributed by atoms with van der Waals surface area (Å²) in [4.78, 5) is 48.1. The number of carbonyl (C=O) groups excluding carboxylic acids is 3. The summed E-state index contributed by atoms with van der Waals surface area (Å²) in [6.07, 6.45) is 0.176. The molecule has 0 aliphatic heterocycles. The Hall–Kier alpha value is -2.09. The van der Waals surface area contributed by atoms with Crippen molar-refractivity contribution < 1.29 is 29.4 Å². The molecule has 0 fully saturated rings. The lowest BCUT2D eigenvalue weighted by atomic mass is 10.1. The molecule has 0 bridgehead atoms. The first-order valence-corrected chi connectivity index (χ1v) is 11.0. The number of carboxylic acid groups (broad SMARTS) is 1. The van der Waals surface area contributed by atoms with Crippen molar-refractivity contribution in [1.82, 2.24) is 16.0 Å². The molecule has 4 unspecified atom stereocenters. The minimum Gasteiger partial charge on any atom is -0.508 e. The minimum absolute atomic E-state index is 0.0706. The second-order valence-electron chi connectivity index (χ2n) is 6.55. The van der Waals surface area contributed by atoms with E-state index in [1.54, 1.807) is 12.1 Å². The van der Waals surface area contributed by atoms with Crippen molar-refractivity contribution in [2.75, 3.05) is 17.3 Å². The number of hydrogen-bond acceptors (Lipinski definition) is 9. The summed E-state index contributed by atoms with van der Waals surface area (Å²) in [5.41, 5.74) is 6.61. The Morgan fingerprint density at radius 3 is 1.65 bits per heavy atom. The fourth-order valence-corrected chi connectivity index (χ4v) is 3.14. The van der Waals surface area contributed by atoms with E-state index in [0.29, 0.717) is 0 Å². The molecule has 0 spiro atoms. The van der Waals surface area contributed by atoms with Gasteiger partial charge in [0.15, 0.2) is 0 Å². The number of benzene rings is 1. The first-order chi connectivity index (χ1) is 14.6. The number of aliphatic carboxylic acids is 1. The quantitative estimate of drug-likeness (QED) is 0.162. The maximum absolute atomic E-state index is 12.5. The van der Waals surface area contributed by atoms with E-state index in [-0.39, 0.29) is 29.4 Å². The van der Waals surface area contributed by atoms with Crippen LogP contribution < -0.4 is 21.7 Å². The third-order valence-electron chi connectivity index (χ3n) is 4.16. The van der Waals surface area contributed by atoms with Gasteiger partial charge in [0.05, 0.1) is 6.04 Å². The molecule has 0 saturated heterocycles. The number of carbonyl (C=O) groups is 4. The van der Waals surface area contributed by atoms with Crippen LogP contribution in [0.15, 0.2) is 24.3 Å². The van der Waals surface area contributed by atoms with Crippen LogP contribution in [0.4, 0.5) is 0 Å². The number of phenolic OH excluding ortho intramolecular Hbond substituents is 1. The van der Waals surface area contributed by atoms with E-state index in [1.165, 1.54) is 12.1 Å². The van der Waals surface area contributed by atoms with E-state index in [0.717, 1.165) is 5.56 Å². The average Bonchev–Trinajstić information content (AvgIpc) is 2.74. The highest BCUT2D eigenvalue weighted by Crippen LogP contribution is 2.11. The molecular weight excluding hydrogens is 464 g/mol. The number of amides is 3. The van der Waals surface area contributed by atoms with Crippen molar-refractivity contribution in [2.45, 2.75) is 30.6 Å². The standard InChI is InChI=1S/C18H26N4O6S3/c19-11(5-9-1-3-10(23)4-2-9)15(24)20-12(6-29)16(25)21-13(7-30)17(26)22-14(8-31)18(27)28/h1-4,11-14,23,29-31H,5-8,19H2,(H,20,24)(H,21,25)(H,22,26)(H,27,28). The normalized spacial score (nSPS) is 14.6. The fourth-order valence-electron chi connectivity index (χ4n) is 2.38. The Morgan fingerprint density at radius 2 is 1.23 bits per heavy atom. The zero-order valence-corrected chi connectivity index (χ0v) is 19.1. The van der Waals surface area contributed by atoms with Crippen molar-refractivity contribution in [3.8, 4) is 5.75 Å². The maximum Gasteiger partial charge on any atom is 0.327 e. The molecule has 0 saturated carbocycles. The third-order valence-corrected chi connectivity index (χ3v) is 5.25. The molecule has 0 heterocycles. The molecular formula is C18H26N4O6S3. The lowest BCUT2D eigenvalue weighted by molar-refractivity contribution is -0.141. The van der Waals surface area contributed by atoms with Gasteiger partial charge in [-0.25, -0.2) is 4.79 Å². The van der Waals surface area contributed by atoms with Gasteiger partial charge < -0.3 is 31.9 Å². The van der Waals surface area contributed by atoms with Crippen LogP contribution in [-0.2, 0) is 25.6 Å². The minimum atomic E-state index is -1.27. The van der Waals surface area contributed by atoms with Crippen molar-refractivity contribution in [2.24, 2.45) is 5.73 Å². The van der Waals surface area contributed by atoms with Crippen LogP contribution in [0.25, 0.3) is 0 Å². The summed E-state index contributed by atoms with van der Waals surface area (Å²) in [6.45, 7) is 0. The first kappa shape index (κ1) is 26.9. The molecule has 1 aromatic rings. The van der Waals surface area contributed by atoms with Crippen LogP contribution in [-0.4, -0.2) is 75.3 Å². The van der Waals surface area contributed by atoms with E-state index >= 15 is 0 Å². The van der Waals surface area contributed by atoms with Gasteiger partial charge in [-0.15, -0.1) is 0 Å². The molecule has 13 heteroatoms. The van der Waals surface area contributed by atoms with Crippen molar-refractivity contribution in [3.63, 3.8) is 0 Å². The van der Waals surface area contributed by atoms with Gasteiger partial charge in [0.2, 0.25) is 17.7 Å². The highest BCUT2D eigenvalue weighted by atomic mass is 32.1. The molecule has 7 N–H and O–H groups in total. The zero-order chi connectivity index (χ0) is 23.6. The van der Waals surface area contributed by atoms with Gasteiger partial charge in [0.1, 0.15) is 23.9 Å². The number of rotatable bonds is 12. The molecule has 31 heavy (non-hydrogen) atoms. The van der Waals surface area contributed by atoms with Crippen LogP contribution in [0.1, 0.15) is 5.56 Å². The van der Waals surface area contributed by atoms with Gasteiger partial charge in [-0.1, -0.05) is 12.1 Å². The van der Waals surface area contributed by atoms with E-state index in [2.05, 4.69) is 53.8 Å². The summed E-state index contributed by atoms with van der Waals surface area (Å²) < 4.78 is 0. The maximum atomic E-state index is 12.5. The molecule has 0 aliphatic rings. The van der Waals surface area contributed by atoms with Crippen LogP contribution >= 0.6 is 37.9 Å². The van der Waals surface area contributed by atoms with Crippen molar-refractivity contribution >= 4 is 61.6 Å². The van der Waals surface area contributed by atoms with Gasteiger partial charge in [0.25, 0.3) is 0 Å². The molecule has 0 aromatic heterocycles. The number of carboxylic acids is 1. The summed E-state index contributed by atoms with van der Waals surface area (Å²) >= 11 is 11.9. The predicted octanol–water partition coefficient (Wildman–Crippen LogP) is -1.41. The molecule has 1 rings (SSSR count). The largest absolute Gasteiger partial charge is 0.508 e. The van der Waals surface area contributed by atoms with E-state index < -0.39 is 47.9 Å². The summed E-state index contributed by atoms with van der Waals surface area (Å²) in [5.74, 6) is -3.55. The molecule has 4 atom stereocenters. The van der Waals surface area contributed by atoms with E-state index in [4.69, 9.17) is 10.8 Å². The first-order valence-electron chi connectivity index (χ1n) is 9.12. The van der Waals surface area contributed by atoms with Gasteiger partial charge in [-0.05, 0) is 24.1 Å². The second kappa shape index (κ2) is 13.3. The van der Waals surface area contributed by atoms with Crippen LogP contribution in [0.5, 0.6) is 5.75 Å². The zero-order valence-electron chi connectivity index (χ0n) is 16.4. The molecule has 10 nitrogen and oxygen atoms in total. The van der Waals surface area contributed by atoms with Crippen LogP contribution in [0.2, 0.25) is 0 Å². The highest BCUT2D eigenvalue weighted by molar-refractivity contribution is 7.80. The van der Waals surface area contributed by atoms with Gasteiger partial charge in [-0.3, -0.25) is 14.4 Å². The summed E-state index contributed by atoms with van der Waals surface area (Å²) in [7, 11) is 0. The topological polar surface area (TPSA) is 171 Å². The van der Waals surface area contributed by atoms with Gasteiger partial charge in [0, 0.05) is 17.3 Å². The average molecular weight is 491 g/mol. The third kappa shape index (κ3) is 8.89. The number of phenols is 1. The fraction of sp³-hybridized carbons (Fsp3) is 0.444. The van der Waals surface area contributed by atoms with Crippen molar-refractivity contribution in [1.29, 1.82) is 0 Å². The molecule has 1 aromatic carbocycles. The SMILES string of the molecule is NC(Cc1ccc(O)cc1)C(=O)NC(CS)C(=O)NC(CS)C(=O)NC(CS)C(=O)O. The van der Waals surface area contributed by atoms with Gasteiger partial charge in [-0.2, -0.15) is 37.9 Å². The number of hydrogen-bond donors (Lipinski definition) is 9. The Balaban J connectivity index is 2.69. The van der Waals surface area contributed by atoms with Crippen molar-refractivity contribution in [3.05, 3.63) is 29.8 Å². The smallest absolute Gasteiger partial charge is 0.327 e. The number of nitrogens with one attached hydrogen (secondary N) is 3. The van der Waals surface area contributed by atoms with E-state index in [1.807, 2.05) is 0 Å². The number of thiol groups is 3. The highest BCUT2D eigenvalue weighted by Gasteiger charge is 2.28. The Kier molecular flexibility index (Phi) is 11.6. The Morgan fingerprint density at radius 1 is 0.806 bits per heavy atom. The lowest BCUT2D eigenvalue weighted by Gasteiger charge is -2.23. The summed E-state index contributed by atoms with van der Waals surface area (Å²) in [6, 6.07) is 1.76. The number of nitrogens with two attached hydrogens (primary N) is 1. The Bertz CT molecular complexity index is 780. The van der Waals surface area contributed by atoms with E-state index in [9.17, 15) is 24.3 Å². The van der Waals surface area contributed by atoms with Gasteiger partial charge >= 0.3 is 5.97 Å². The molecule has 0 radical (unpaired) electrons.